The Morgan fingerprint density at radius 1 is 1.43 bits per heavy atom. The zero-order valence-electron chi connectivity index (χ0n) is 11.7. The Kier molecular flexibility index (Phi) is 6.11. The third kappa shape index (κ3) is 5.69. The molecule has 0 radical (unpaired) electrons. The van der Waals surface area contributed by atoms with Crippen LogP contribution in [0.25, 0.3) is 6.08 Å². The number of hydrogen-bond acceptors (Lipinski definition) is 4. The lowest BCUT2D eigenvalue weighted by molar-refractivity contribution is -0.169. The number of rotatable bonds is 6. The fourth-order valence-electron chi connectivity index (χ4n) is 1.59. The highest BCUT2D eigenvalue weighted by Gasteiger charge is 2.38. The molecule has 5 nitrogen and oxygen atoms in total. The number of benzene rings is 1. The number of carboxylic acid groups (broad SMARTS) is 1. The van der Waals surface area contributed by atoms with Crippen molar-refractivity contribution in [3.8, 4) is 0 Å². The van der Waals surface area contributed by atoms with E-state index in [0.717, 1.165) is 10.5 Å². The molecule has 0 fully saturated rings. The van der Waals surface area contributed by atoms with E-state index in [-0.39, 0.29) is 0 Å². The Labute approximate surface area is 131 Å². The molecule has 1 rings (SSSR count). The van der Waals surface area contributed by atoms with Gasteiger partial charge in [-0.15, -0.1) is 0 Å². The van der Waals surface area contributed by atoms with Crippen molar-refractivity contribution in [3.63, 3.8) is 0 Å². The van der Waals surface area contributed by atoms with Gasteiger partial charge < -0.3 is 14.9 Å². The van der Waals surface area contributed by atoms with Gasteiger partial charge in [0.1, 0.15) is 0 Å². The summed E-state index contributed by atoms with van der Waals surface area (Å²) in [6.45, 7) is 3.24. The van der Waals surface area contributed by atoms with Gasteiger partial charge in [0.25, 0.3) is 0 Å². The molecule has 0 aromatic heterocycles. The van der Waals surface area contributed by atoms with E-state index in [1.807, 2.05) is 6.07 Å². The van der Waals surface area contributed by atoms with E-state index in [1.54, 1.807) is 32.0 Å². The topological polar surface area (TPSA) is 83.8 Å². The molecule has 0 spiro atoms. The number of carboxylic acids is 1. The average molecular weight is 357 g/mol. The Balaban J connectivity index is 3.02. The summed E-state index contributed by atoms with van der Waals surface area (Å²) in [5.41, 5.74) is -1.48. The first-order valence-electron chi connectivity index (χ1n) is 6.33. The monoisotopic (exact) mass is 356 g/mol. The molecule has 0 aliphatic carbocycles. The second-order valence-electron chi connectivity index (χ2n) is 4.84. The summed E-state index contributed by atoms with van der Waals surface area (Å²) in [7, 11) is 0. The van der Waals surface area contributed by atoms with E-state index in [1.165, 1.54) is 6.08 Å². The van der Waals surface area contributed by atoms with E-state index < -0.39 is 30.1 Å². The fraction of sp³-hybridized carbons (Fsp3) is 0.333. The van der Waals surface area contributed by atoms with Crippen molar-refractivity contribution in [2.75, 3.05) is 0 Å². The minimum atomic E-state index is -2.20. The minimum absolute atomic E-state index is 0.447. The predicted octanol–water partition coefficient (Wildman–Crippen LogP) is 2.62. The molecule has 2 N–H and O–H groups in total. The number of aliphatic hydroxyl groups is 1. The summed E-state index contributed by atoms with van der Waals surface area (Å²) in [5.74, 6) is -2.27. The van der Waals surface area contributed by atoms with Gasteiger partial charge in [0.15, 0.2) is 5.60 Å². The summed E-state index contributed by atoms with van der Waals surface area (Å²) < 4.78 is 5.75. The number of ether oxygens (including phenoxy) is 1. The summed E-state index contributed by atoms with van der Waals surface area (Å²) in [6.07, 6.45) is 1.42. The lowest BCUT2D eigenvalue weighted by Crippen LogP contribution is -2.41. The summed E-state index contributed by atoms with van der Waals surface area (Å²) in [5, 5.41) is 19.1. The molecule has 1 unspecified atom stereocenters. The second kappa shape index (κ2) is 7.38. The van der Waals surface area contributed by atoms with Crippen LogP contribution in [0.2, 0.25) is 0 Å². The van der Waals surface area contributed by atoms with Gasteiger partial charge in [-0.1, -0.05) is 34.1 Å². The van der Waals surface area contributed by atoms with Gasteiger partial charge in [0, 0.05) is 4.47 Å². The minimum Gasteiger partial charge on any atom is -0.481 e. The normalized spacial score (nSPS) is 14.1. The van der Waals surface area contributed by atoms with Crippen LogP contribution in [0.15, 0.2) is 34.8 Å². The van der Waals surface area contributed by atoms with Gasteiger partial charge in [-0.05, 0) is 37.6 Å². The van der Waals surface area contributed by atoms with Gasteiger partial charge >= 0.3 is 11.9 Å². The number of esters is 1. The standard InChI is InChI=1S/C15H17BrO5/c1-10(2)21-14(19)15(20,9-13(17)18)7-6-11-4-3-5-12(16)8-11/h3-8,10,20H,9H2,1-2H3,(H,17,18)/b7-6+. The van der Waals surface area contributed by atoms with Gasteiger partial charge in [-0.2, -0.15) is 0 Å². The molecule has 0 aliphatic heterocycles. The zero-order valence-corrected chi connectivity index (χ0v) is 13.3. The molecule has 114 valence electrons. The van der Waals surface area contributed by atoms with Crippen LogP contribution in [0.3, 0.4) is 0 Å². The smallest absolute Gasteiger partial charge is 0.343 e. The largest absolute Gasteiger partial charge is 0.481 e. The molecule has 0 saturated carbocycles. The number of halogens is 1. The summed E-state index contributed by atoms with van der Waals surface area (Å²) >= 11 is 3.30. The summed E-state index contributed by atoms with van der Waals surface area (Å²) in [4.78, 5) is 22.8. The van der Waals surface area contributed by atoms with Crippen molar-refractivity contribution in [1.29, 1.82) is 0 Å². The van der Waals surface area contributed by atoms with Gasteiger partial charge in [0.05, 0.1) is 12.5 Å². The maximum Gasteiger partial charge on any atom is 0.343 e. The van der Waals surface area contributed by atoms with Crippen LogP contribution in [0, 0.1) is 0 Å². The molecule has 21 heavy (non-hydrogen) atoms. The van der Waals surface area contributed by atoms with Gasteiger partial charge in [-0.3, -0.25) is 4.79 Å². The first-order valence-corrected chi connectivity index (χ1v) is 7.12. The third-order valence-electron chi connectivity index (χ3n) is 2.52. The molecule has 1 atom stereocenters. The number of hydrogen-bond donors (Lipinski definition) is 2. The average Bonchev–Trinajstić information content (AvgIpc) is 2.35. The van der Waals surface area contributed by atoms with Crippen molar-refractivity contribution >= 4 is 33.9 Å². The van der Waals surface area contributed by atoms with Crippen molar-refractivity contribution in [2.24, 2.45) is 0 Å². The first-order chi connectivity index (χ1) is 9.73. The van der Waals surface area contributed by atoms with E-state index in [2.05, 4.69) is 15.9 Å². The molecule has 0 aliphatic rings. The lowest BCUT2D eigenvalue weighted by atomic mass is 9.98. The Hall–Kier alpha value is -1.66. The van der Waals surface area contributed by atoms with Crippen molar-refractivity contribution in [3.05, 3.63) is 40.4 Å². The number of aliphatic carboxylic acids is 1. The first kappa shape index (κ1) is 17.4. The van der Waals surface area contributed by atoms with Crippen molar-refractivity contribution < 1.29 is 24.5 Å². The van der Waals surface area contributed by atoms with Crippen LogP contribution in [-0.4, -0.2) is 33.9 Å². The highest BCUT2D eigenvalue weighted by Crippen LogP contribution is 2.19. The molecule has 1 aromatic carbocycles. The van der Waals surface area contributed by atoms with Crippen LogP contribution in [0.1, 0.15) is 25.8 Å². The molecule has 1 aromatic rings. The molecular formula is C15H17BrO5. The highest BCUT2D eigenvalue weighted by atomic mass is 79.9. The zero-order chi connectivity index (χ0) is 16.0. The van der Waals surface area contributed by atoms with Crippen molar-refractivity contribution in [1.82, 2.24) is 0 Å². The van der Waals surface area contributed by atoms with Gasteiger partial charge in [0.2, 0.25) is 0 Å². The maximum absolute atomic E-state index is 11.9. The third-order valence-corrected chi connectivity index (χ3v) is 3.01. The van der Waals surface area contributed by atoms with E-state index in [0.29, 0.717) is 5.56 Å². The molecule has 0 saturated heterocycles. The van der Waals surface area contributed by atoms with Crippen LogP contribution in [0.4, 0.5) is 0 Å². The Morgan fingerprint density at radius 2 is 2.10 bits per heavy atom. The van der Waals surface area contributed by atoms with Crippen LogP contribution in [-0.2, 0) is 14.3 Å². The maximum atomic E-state index is 11.9. The van der Waals surface area contributed by atoms with E-state index >= 15 is 0 Å². The number of carbonyl (C=O) groups excluding carboxylic acids is 1. The Bertz CT molecular complexity index is 553. The molecular weight excluding hydrogens is 340 g/mol. The summed E-state index contributed by atoms with van der Waals surface area (Å²) in [6, 6.07) is 7.14. The predicted molar refractivity (Wildman–Crippen MR) is 81.6 cm³/mol. The lowest BCUT2D eigenvalue weighted by Gasteiger charge is -2.22. The second-order valence-corrected chi connectivity index (χ2v) is 5.75. The molecule has 6 heteroatoms. The molecule has 0 amide bonds. The van der Waals surface area contributed by atoms with E-state index in [4.69, 9.17) is 9.84 Å². The van der Waals surface area contributed by atoms with Crippen LogP contribution < -0.4 is 0 Å². The van der Waals surface area contributed by atoms with Crippen molar-refractivity contribution in [2.45, 2.75) is 32.0 Å². The number of carbonyl (C=O) groups is 2. The quantitative estimate of drug-likeness (QED) is 0.765. The molecule has 0 bridgehead atoms. The van der Waals surface area contributed by atoms with Gasteiger partial charge in [-0.25, -0.2) is 4.79 Å². The Morgan fingerprint density at radius 3 is 2.62 bits per heavy atom. The van der Waals surface area contributed by atoms with Crippen LogP contribution in [0.5, 0.6) is 0 Å². The van der Waals surface area contributed by atoms with E-state index in [9.17, 15) is 14.7 Å². The fourth-order valence-corrected chi connectivity index (χ4v) is 2.01. The van der Waals surface area contributed by atoms with Crippen LogP contribution >= 0.6 is 15.9 Å². The molecule has 0 heterocycles. The highest BCUT2D eigenvalue weighted by molar-refractivity contribution is 9.10. The SMILES string of the molecule is CC(C)OC(=O)C(O)(/C=C/c1cccc(Br)c1)CC(=O)O.